The minimum absolute atomic E-state index is 0.140. The molecule has 0 amide bonds. The summed E-state index contributed by atoms with van der Waals surface area (Å²) in [4.78, 5) is 14.9. The largest absolute Gasteiger partial charge is 0.480 e. The molecule has 2 aromatic carbocycles. The summed E-state index contributed by atoms with van der Waals surface area (Å²) >= 11 is 0. The number of aromatic nitrogens is 1. The molecule has 0 aliphatic heterocycles. The van der Waals surface area contributed by atoms with Gasteiger partial charge in [-0.15, -0.1) is 0 Å². The minimum atomic E-state index is -0.920. The van der Waals surface area contributed by atoms with Gasteiger partial charge in [0.15, 0.2) is 5.58 Å². The highest BCUT2D eigenvalue weighted by Gasteiger charge is 2.09. The number of nitriles is 1. The molecule has 0 atom stereocenters. The molecule has 0 bridgehead atoms. The van der Waals surface area contributed by atoms with Gasteiger partial charge in [0.1, 0.15) is 12.1 Å². The summed E-state index contributed by atoms with van der Waals surface area (Å²) in [5.41, 5.74) is 3.24. The predicted octanol–water partition coefficient (Wildman–Crippen LogP) is 2.86. The summed E-state index contributed by atoms with van der Waals surface area (Å²) in [6.45, 7) is -0.140. The molecule has 6 heteroatoms. The monoisotopic (exact) mass is 293 g/mol. The van der Waals surface area contributed by atoms with Crippen molar-refractivity contribution in [2.45, 2.75) is 0 Å². The van der Waals surface area contributed by atoms with Crippen LogP contribution in [-0.2, 0) is 4.79 Å². The molecule has 0 aliphatic carbocycles. The van der Waals surface area contributed by atoms with Gasteiger partial charge in [0.2, 0.25) is 5.89 Å². The number of oxazole rings is 1. The van der Waals surface area contributed by atoms with E-state index in [1.54, 1.807) is 42.5 Å². The number of nitrogens with one attached hydrogen (secondary N) is 1. The zero-order chi connectivity index (χ0) is 15.5. The lowest BCUT2D eigenvalue weighted by molar-refractivity contribution is -0.134. The normalized spacial score (nSPS) is 10.3. The van der Waals surface area contributed by atoms with E-state index < -0.39 is 5.97 Å². The van der Waals surface area contributed by atoms with Crippen molar-refractivity contribution in [1.29, 1.82) is 5.26 Å². The first kappa shape index (κ1) is 13.6. The van der Waals surface area contributed by atoms with E-state index in [9.17, 15) is 4.79 Å². The summed E-state index contributed by atoms with van der Waals surface area (Å²) in [7, 11) is 0. The molecule has 1 aromatic heterocycles. The lowest BCUT2D eigenvalue weighted by atomic mass is 10.2. The second-order valence-electron chi connectivity index (χ2n) is 4.64. The molecular weight excluding hydrogens is 282 g/mol. The van der Waals surface area contributed by atoms with Gasteiger partial charge in [-0.25, -0.2) is 4.98 Å². The second kappa shape index (κ2) is 5.58. The Bertz CT molecular complexity index is 876. The third-order valence-electron chi connectivity index (χ3n) is 3.09. The number of anilines is 1. The van der Waals surface area contributed by atoms with Crippen LogP contribution in [0.2, 0.25) is 0 Å². The van der Waals surface area contributed by atoms with Crippen molar-refractivity contribution in [3.8, 4) is 17.5 Å². The summed E-state index contributed by atoms with van der Waals surface area (Å²) in [5, 5.41) is 20.3. The van der Waals surface area contributed by atoms with Crippen LogP contribution in [-0.4, -0.2) is 22.6 Å². The number of benzene rings is 2. The first-order valence-corrected chi connectivity index (χ1v) is 6.52. The average molecular weight is 293 g/mol. The highest BCUT2D eigenvalue weighted by molar-refractivity contribution is 5.78. The lowest BCUT2D eigenvalue weighted by Gasteiger charge is -2.03. The van der Waals surface area contributed by atoms with Crippen LogP contribution in [0.25, 0.3) is 22.6 Å². The van der Waals surface area contributed by atoms with Crippen LogP contribution in [0.5, 0.6) is 0 Å². The number of fused-ring (bicyclic) bond motifs is 1. The topological polar surface area (TPSA) is 99.2 Å². The Hall–Kier alpha value is -3.33. The molecule has 0 spiro atoms. The molecule has 3 aromatic rings. The summed E-state index contributed by atoms with van der Waals surface area (Å²) in [6.07, 6.45) is 0. The van der Waals surface area contributed by atoms with Crippen LogP contribution in [0.1, 0.15) is 5.56 Å². The van der Waals surface area contributed by atoms with Gasteiger partial charge in [-0.3, -0.25) is 4.79 Å². The molecule has 0 saturated carbocycles. The standard InChI is InChI=1S/C16H11N3O3/c17-8-10-1-6-14-13(7-10)19-16(22-14)11-2-4-12(5-3-11)18-9-15(20)21/h1-7,18H,9H2,(H,20,21). The molecule has 0 aliphatic rings. The van der Waals surface area contributed by atoms with E-state index in [1.807, 2.05) is 0 Å². The number of rotatable bonds is 4. The summed E-state index contributed by atoms with van der Waals surface area (Å²) in [5.74, 6) is -0.466. The van der Waals surface area contributed by atoms with Crippen molar-refractivity contribution in [2.24, 2.45) is 0 Å². The quantitative estimate of drug-likeness (QED) is 0.767. The van der Waals surface area contributed by atoms with Gasteiger partial charge in [0.25, 0.3) is 0 Å². The highest BCUT2D eigenvalue weighted by Crippen LogP contribution is 2.25. The molecule has 0 radical (unpaired) electrons. The number of nitrogens with zero attached hydrogens (tertiary/aromatic N) is 2. The third kappa shape index (κ3) is 2.74. The van der Waals surface area contributed by atoms with E-state index in [0.717, 1.165) is 5.56 Å². The van der Waals surface area contributed by atoms with E-state index in [1.165, 1.54) is 0 Å². The van der Waals surface area contributed by atoms with E-state index >= 15 is 0 Å². The number of carbonyl (C=O) groups is 1. The fourth-order valence-electron chi connectivity index (χ4n) is 2.03. The van der Waals surface area contributed by atoms with E-state index in [0.29, 0.717) is 28.2 Å². The van der Waals surface area contributed by atoms with Crippen LogP contribution >= 0.6 is 0 Å². The lowest BCUT2D eigenvalue weighted by Crippen LogP contribution is -2.11. The van der Waals surface area contributed by atoms with Crippen LogP contribution in [0.3, 0.4) is 0 Å². The maximum Gasteiger partial charge on any atom is 0.322 e. The van der Waals surface area contributed by atoms with Gasteiger partial charge < -0.3 is 14.8 Å². The fraction of sp³-hybridized carbons (Fsp3) is 0.0625. The van der Waals surface area contributed by atoms with Crippen molar-refractivity contribution in [1.82, 2.24) is 4.98 Å². The molecule has 0 unspecified atom stereocenters. The molecule has 22 heavy (non-hydrogen) atoms. The van der Waals surface area contributed by atoms with E-state index in [2.05, 4.69) is 16.4 Å². The Balaban J connectivity index is 1.87. The van der Waals surface area contributed by atoms with Gasteiger partial charge in [0, 0.05) is 11.3 Å². The number of hydrogen-bond acceptors (Lipinski definition) is 5. The summed E-state index contributed by atoms with van der Waals surface area (Å²) < 4.78 is 5.66. The minimum Gasteiger partial charge on any atom is -0.480 e. The van der Waals surface area contributed by atoms with Crippen molar-refractivity contribution in [2.75, 3.05) is 11.9 Å². The Morgan fingerprint density at radius 1 is 1.27 bits per heavy atom. The van der Waals surface area contributed by atoms with Gasteiger partial charge >= 0.3 is 5.97 Å². The summed E-state index contributed by atoms with van der Waals surface area (Å²) in [6, 6.07) is 14.2. The Kier molecular flexibility index (Phi) is 3.46. The van der Waals surface area contributed by atoms with Crippen molar-refractivity contribution in [3.05, 3.63) is 48.0 Å². The van der Waals surface area contributed by atoms with Crippen LogP contribution in [0.15, 0.2) is 46.9 Å². The second-order valence-corrected chi connectivity index (χ2v) is 4.64. The number of carboxylic acids is 1. The molecular formula is C16H11N3O3. The molecule has 6 nitrogen and oxygen atoms in total. The molecule has 0 fully saturated rings. The van der Waals surface area contributed by atoms with Gasteiger partial charge in [-0.2, -0.15) is 5.26 Å². The Morgan fingerprint density at radius 3 is 2.73 bits per heavy atom. The first-order chi connectivity index (χ1) is 10.7. The number of hydrogen-bond donors (Lipinski definition) is 2. The van der Waals surface area contributed by atoms with Crippen LogP contribution in [0.4, 0.5) is 5.69 Å². The van der Waals surface area contributed by atoms with Gasteiger partial charge in [-0.05, 0) is 42.5 Å². The molecule has 2 N–H and O–H groups in total. The van der Waals surface area contributed by atoms with E-state index in [4.69, 9.17) is 14.8 Å². The Morgan fingerprint density at radius 2 is 2.05 bits per heavy atom. The molecule has 1 heterocycles. The van der Waals surface area contributed by atoms with Gasteiger partial charge in [-0.1, -0.05) is 0 Å². The van der Waals surface area contributed by atoms with Crippen LogP contribution in [0, 0.1) is 11.3 Å². The maximum absolute atomic E-state index is 10.5. The zero-order valence-corrected chi connectivity index (χ0v) is 11.4. The van der Waals surface area contributed by atoms with Crippen molar-refractivity contribution < 1.29 is 14.3 Å². The Labute approximate surface area is 125 Å². The predicted molar refractivity (Wildman–Crippen MR) is 80.3 cm³/mol. The fourth-order valence-corrected chi connectivity index (χ4v) is 2.03. The van der Waals surface area contributed by atoms with Crippen molar-refractivity contribution in [3.63, 3.8) is 0 Å². The average Bonchev–Trinajstić information content (AvgIpc) is 2.96. The SMILES string of the molecule is N#Cc1ccc2oc(-c3ccc(NCC(=O)O)cc3)nc2c1. The number of carboxylic acid groups (broad SMARTS) is 1. The van der Waals surface area contributed by atoms with E-state index in [-0.39, 0.29) is 6.54 Å². The third-order valence-corrected chi connectivity index (χ3v) is 3.09. The number of aliphatic carboxylic acids is 1. The molecule has 0 saturated heterocycles. The molecule has 3 rings (SSSR count). The highest BCUT2D eigenvalue weighted by atomic mass is 16.4. The zero-order valence-electron chi connectivity index (χ0n) is 11.4. The van der Waals surface area contributed by atoms with Crippen LogP contribution < -0.4 is 5.32 Å². The smallest absolute Gasteiger partial charge is 0.322 e. The molecule has 108 valence electrons. The van der Waals surface area contributed by atoms with Crippen molar-refractivity contribution >= 4 is 22.8 Å². The van der Waals surface area contributed by atoms with Gasteiger partial charge in [0.05, 0.1) is 11.6 Å². The maximum atomic E-state index is 10.5. The first-order valence-electron chi connectivity index (χ1n) is 6.52.